The zero-order chi connectivity index (χ0) is 19.0. The minimum atomic E-state index is -0.0172. The van der Waals surface area contributed by atoms with Crippen molar-refractivity contribution in [2.75, 3.05) is 32.7 Å². The number of piperidine rings is 1. The quantitative estimate of drug-likeness (QED) is 0.788. The fourth-order valence-corrected chi connectivity index (χ4v) is 4.90. The van der Waals surface area contributed by atoms with Gasteiger partial charge in [0, 0.05) is 63.0 Å². The van der Waals surface area contributed by atoms with E-state index in [1.807, 2.05) is 10.3 Å². The second kappa shape index (κ2) is 7.69. The Balaban J connectivity index is 1.37. The third kappa shape index (κ3) is 3.79. The third-order valence-corrected chi connectivity index (χ3v) is 6.41. The third-order valence-electron chi connectivity index (χ3n) is 5.66. The molecule has 2 fully saturated rings. The first-order chi connectivity index (χ1) is 13.0. The average molecular weight is 390 g/mol. The van der Waals surface area contributed by atoms with Gasteiger partial charge in [-0.3, -0.25) is 23.8 Å². The largest absolute Gasteiger partial charge is 0.339 e. The van der Waals surface area contributed by atoms with E-state index < -0.39 is 0 Å². The van der Waals surface area contributed by atoms with E-state index in [0.717, 1.165) is 56.2 Å². The minimum absolute atomic E-state index is 0.0172. The number of fused-ring (bicyclic) bond motifs is 1. The lowest BCUT2D eigenvalue weighted by Gasteiger charge is -2.43. The maximum atomic E-state index is 12.8. The predicted molar refractivity (Wildman–Crippen MR) is 106 cm³/mol. The van der Waals surface area contributed by atoms with Crippen LogP contribution >= 0.6 is 11.3 Å². The van der Waals surface area contributed by atoms with Crippen molar-refractivity contribution in [2.45, 2.75) is 45.3 Å². The van der Waals surface area contributed by atoms with Crippen molar-refractivity contribution >= 4 is 22.2 Å². The maximum absolute atomic E-state index is 12.8. The van der Waals surface area contributed by atoms with Gasteiger partial charge in [-0.05, 0) is 26.7 Å². The summed E-state index contributed by atoms with van der Waals surface area (Å²) in [4.78, 5) is 37.0. The monoisotopic (exact) mass is 389 g/mol. The lowest BCUT2D eigenvalue weighted by Crippen LogP contribution is -2.58. The topological polar surface area (TPSA) is 61.2 Å². The molecule has 2 aromatic rings. The highest BCUT2D eigenvalue weighted by molar-refractivity contribution is 7.15. The molecular weight excluding hydrogens is 362 g/mol. The van der Waals surface area contributed by atoms with Crippen LogP contribution in [0.3, 0.4) is 0 Å². The van der Waals surface area contributed by atoms with Gasteiger partial charge in [0.25, 0.3) is 5.56 Å². The van der Waals surface area contributed by atoms with Gasteiger partial charge < -0.3 is 4.90 Å². The van der Waals surface area contributed by atoms with Crippen molar-refractivity contribution < 1.29 is 4.79 Å². The van der Waals surface area contributed by atoms with Crippen LogP contribution < -0.4 is 5.56 Å². The smallest absolute Gasteiger partial charge is 0.258 e. The number of aromatic nitrogens is 2. The van der Waals surface area contributed by atoms with Crippen molar-refractivity contribution in [3.05, 3.63) is 33.7 Å². The fourth-order valence-electron chi connectivity index (χ4n) is 4.16. The standard InChI is InChI=1S/C19H27N5O2S/c1-14(2)23-5-3-4-16(18(23)26)22-8-6-21(7-9-22)13-15-12-17(25)24-10-11-27-19(24)20-15/h10-12,14,16H,3-9,13H2,1-2H3/t16-/m1/s1. The van der Waals surface area contributed by atoms with Crippen LogP contribution in [0.15, 0.2) is 22.4 Å². The lowest BCUT2D eigenvalue weighted by molar-refractivity contribution is -0.143. The van der Waals surface area contributed by atoms with E-state index in [1.54, 1.807) is 16.7 Å². The molecule has 146 valence electrons. The van der Waals surface area contributed by atoms with Crippen LogP contribution in [0.25, 0.3) is 4.96 Å². The first kappa shape index (κ1) is 18.6. The van der Waals surface area contributed by atoms with Crippen LogP contribution in [0.2, 0.25) is 0 Å². The minimum Gasteiger partial charge on any atom is -0.339 e. The van der Waals surface area contributed by atoms with Gasteiger partial charge >= 0.3 is 0 Å². The number of hydrogen-bond donors (Lipinski definition) is 0. The summed E-state index contributed by atoms with van der Waals surface area (Å²) in [5, 5.41) is 1.88. The van der Waals surface area contributed by atoms with Crippen molar-refractivity contribution in [1.29, 1.82) is 0 Å². The van der Waals surface area contributed by atoms with Gasteiger partial charge in [0.1, 0.15) is 0 Å². The van der Waals surface area contributed by atoms with E-state index in [1.165, 1.54) is 11.3 Å². The normalized spacial score (nSPS) is 22.9. The molecule has 0 bridgehead atoms. The predicted octanol–water partition coefficient (Wildman–Crippen LogP) is 1.27. The van der Waals surface area contributed by atoms with Crippen molar-refractivity contribution in [2.24, 2.45) is 0 Å². The van der Waals surface area contributed by atoms with Gasteiger partial charge in [0.05, 0.1) is 11.7 Å². The Kier molecular flexibility index (Phi) is 5.29. The fraction of sp³-hybridized carbons (Fsp3) is 0.632. The van der Waals surface area contributed by atoms with E-state index in [-0.39, 0.29) is 17.6 Å². The van der Waals surface area contributed by atoms with E-state index in [4.69, 9.17) is 0 Å². The Morgan fingerprint density at radius 2 is 1.96 bits per heavy atom. The Morgan fingerprint density at radius 3 is 2.70 bits per heavy atom. The molecule has 4 rings (SSSR count). The molecule has 0 unspecified atom stereocenters. The molecule has 0 saturated carbocycles. The SMILES string of the molecule is CC(C)N1CCC[C@@H](N2CCN(Cc3cc(=O)n4ccsc4n3)CC2)C1=O. The number of carbonyl (C=O) groups excluding carboxylic acids is 1. The molecule has 27 heavy (non-hydrogen) atoms. The Bertz CT molecular complexity index is 868. The molecule has 0 aliphatic carbocycles. The molecule has 0 aromatic carbocycles. The Labute approximate surface area is 163 Å². The number of likely N-dealkylation sites (tertiary alicyclic amines) is 1. The number of thiazole rings is 1. The summed E-state index contributed by atoms with van der Waals surface area (Å²) >= 11 is 1.48. The first-order valence-corrected chi connectivity index (χ1v) is 10.6. The van der Waals surface area contributed by atoms with Crippen LogP contribution in [-0.4, -0.2) is 74.8 Å². The van der Waals surface area contributed by atoms with Gasteiger partial charge in [-0.15, -0.1) is 11.3 Å². The molecule has 2 aromatic heterocycles. The molecule has 7 nitrogen and oxygen atoms in total. The van der Waals surface area contributed by atoms with E-state index in [2.05, 4.69) is 28.6 Å². The van der Waals surface area contributed by atoms with Gasteiger partial charge in [0.2, 0.25) is 5.91 Å². The van der Waals surface area contributed by atoms with Crippen molar-refractivity contribution in [3.8, 4) is 0 Å². The van der Waals surface area contributed by atoms with E-state index in [9.17, 15) is 9.59 Å². The zero-order valence-electron chi connectivity index (χ0n) is 16.0. The number of carbonyl (C=O) groups is 1. The second-order valence-electron chi connectivity index (χ2n) is 7.74. The van der Waals surface area contributed by atoms with Gasteiger partial charge in [-0.25, -0.2) is 4.98 Å². The maximum Gasteiger partial charge on any atom is 0.258 e. The summed E-state index contributed by atoms with van der Waals surface area (Å²) < 4.78 is 1.58. The second-order valence-corrected chi connectivity index (χ2v) is 8.61. The number of hydrogen-bond acceptors (Lipinski definition) is 6. The number of amides is 1. The molecule has 8 heteroatoms. The van der Waals surface area contributed by atoms with E-state index >= 15 is 0 Å². The van der Waals surface area contributed by atoms with Crippen LogP contribution in [0, 0.1) is 0 Å². The molecule has 2 aliphatic rings. The summed E-state index contributed by atoms with van der Waals surface area (Å²) in [6, 6.07) is 1.95. The summed E-state index contributed by atoms with van der Waals surface area (Å²) in [5.41, 5.74) is 0.812. The molecule has 2 saturated heterocycles. The molecule has 0 spiro atoms. The number of rotatable bonds is 4. The molecule has 4 heterocycles. The number of piperazine rings is 1. The van der Waals surface area contributed by atoms with Gasteiger partial charge in [0.15, 0.2) is 4.96 Å². The van der Waals surface area contributed by atoms with Crippen LogP contribution in [0.1, 0.15) is 32.4 Å². The van der Waals surface area contributed by atoms with Gasteiger partial charge in [-0.1, -0.05) is 0 Å². The van der Waals surface area contributed by atoms with Crippen LogP contribution in [0.5, 0.6) is 0 Å². The number of nitrogens with zero attached hydrogens (tertiary/aromatic N) is 5. The van der Waals surface area contributed by atoms with E-state index in [0.29, 0.717) is 12.5 Å². The highest BCUT2D eigenvalue weighted by atomic mass is 32.1. The first-order valence-electron chi connectivity index (χ1n) is 9.75. The molecular formula is C19H27N5O2S. The highest BCUT2D eigenvalue weighted by Crippen LogP contribution is 2.21. The molecule has 1 amide bonds. The summed E-state index contributed by atoms with van der Waals surface area (Å²) in [6.07, 6.45) is 3.82. The average Bonchev–Trinajstić information content (AvgIpc) is 3.12. The molecule has 1 atom stereocenters. The summed E-state index contributed by atoms with van der Waals surface area (Å²) in [7, 11) is 0. The lowest BCUT2D eigenvalue weighted by atomic mass is 10.0. The Hall–Kier alpha value is -1.77. The molecule has 2 aliphatic heterocycles. The van der Waals surface area contributed by atoms with Crippen LogP contribution in [0.4, 0.5) is 0 Å². The highest BCUT2D eigenvalue weighted by Gasteiger charge is 2.35. The van der Waals surface area contributed by atoms with Gasteiger partial charge in [-0.2, -0.15) is 0 Å². The molecule has 0 N–H and O–H groups in total. The summed E-state index contributed by atoms with van der Waals surface area (Å²) in [6.45, 7) is 9.35. The zero-order valence-corrected chi connectivity index (χ0v) is 16.8. The van der Waals surface area contributed by atoms with Crippen molar-refractivity contribution in [1.82, 2.24) is 24.1 Å². The summed E-state index contributed by atoms with van der Waals surface area (Å²) in [5.74, 6) is 0.294. The van der Waals surface area contributed by atoms with Crippen LogP contribution in [-0.2, 0) is 11.3 Å². The molecule has 0 radical (unpaired) electrons. The Morgan fingerprint density at radius 1 is 1.19 bits per heavy atom. The van der Waals surface area contributed by atoms with Crippen molar-refractivity contribution in [3.63, 3.8) is 0 Å².